The van der Waals surface area contributed by atoms with Crippen molar-refractivity contribution in [2.75, 3.05) is 25.0 Å². The molecule has 0 aromatic heterocycles. The molecule has 0 unspecified atom stereocenters. The second kappa shape index (κ2) is 6.38. The van der Waals surface area contributed by atoms with E-state index in [1.54, 1.807) is 11.8 Å². The van der Waals surface area contributed by atoms with Crippen LogP contribution in [0.1, 0.15) is 42.1 Å². The van der Waals surface area contributed by atoms with Gasteiger partial charge < -0.3 is 15.0 Å². The molecule has 1 aromatic carbocycles. The smallest absolute Gasteiger partial charge is 0.325 e. The van der Waals surface area contributed by atoms with Crippen LogP contribution in [0.5, 0.6) is 0 Å². The summed E-state index contributed by atoms with van der Waals surface area (Å²) in [5.41, 5.74) is 2.85. The van der Waals surface area contributed by atoms with Gasteiger partial charge in [0.2, 0.25) is 0 Å². The predicted molar refractivity (Wildman–Crippen MR) is 83.9 cm³/mol. The summed E-state index contributed by atoms with van der Waals surface area (Å²) < 4.78 is 5.00. The van der Waals surface area contributed by atoms with Gasteiger partial charge in [-0.1, -0.05) is 6.07 Å². The van der Waals surface area contributed by atoms with Crippen LogP contribution >= 0.6 is 0 Å². The molecule has 1 saturated carbocycles. The number of carbonyl (C=O) groups excluding carboxylic acids is 2. The van der Waals surface area contributed by atoms with Crippen LogP contribution in [0.2, 0.25) is 0 Å². The number of ether oxygens (including phenoxy) is 1. The Morgan fingerprint density at radius 1 is 1.36 bits per heavy atom. The SMILES string of the molecule is CCOC(=O)CN(C(=O)c1cccc2c1CCCN2)C1CC1. The van der Waals surface area contributed by atoms with E-state index in [1.807, 2.05) is 18.2 Å². The number of fused-ring (bicyclic) bond motifs is 1. The Morgan fingerprint density at radius 2 is 2.18 bits per heavy atom. The molecular formula is C17H22N2O3. The predicted octanol–water partition coefficient (Wildman–Crippen LogP) is 2.21. The van der Waals surface area contributed by atoms with Crippen molar-refractivity contribution in [1.29, 1.82) is 0 Å². The minimum Gasteiger partial charge on any atom is -0.465 e. The van der Waals surface area contributed by atoms with Crippen LogP contribution in [-0.2, 0) is 16.0 Å². The summed E-state index contributed by atoms with van der Waals surface area (Å²) in [7, 11) is 0. The fourth-order valence-electron chi connectivity index (χ4n) is 2.96. The van der Waals surface area contributed by atoms with Crippen molar-refractivity contribution in [3.8, 4) is 0 Å². The van der Waals surface area contributed by atoms with E-state index in [2.05, 4.69) is 5.32 Å². The van der Waals surface area contributed by atoms with Crippen LogP contribution in [0.4, 0.5) is 5.69 Å². The molecule has 1 fully saturated rings. The normalized spacial score (nSPS) is 16.4. The third-order valence-corrected chi connectivity index (χ3v) is 4.18. The minimum absolute atomic E-state index is 0.0453. The van der Waals surface area contributed by atoms with Crippen molar-refractivity contribution in [1.82, 2.24) is 4.90 Å². The molecular weight excluding hydrogens is 280 g/mol. The summed E-state index contributed by atoms with van der Waals surface area (Å²) in [6.07, 6.45) is 3.87. The Kier molecular flexibility index (Phi) is 4.32. The molecule has 1 aliphatic carbocycles. The van der Waals surface area contributed by atoms with Crippen LogP contribution in [0.25, 0.3) is 0 Å². The lowest BCUT2D eigenvalue weighted by Gasteiger charge is -2.25. The van der Waals surface area contributed by atoms with Gasteiger partial charge in [0.05, 0.1) is 6.61 Å². The van der Waals surface area contributed by atoms with E-state index in [0.717, 1.165) is 49.0 Å². The summed E-state index contributed by atoms with van der Waals surface area (Å²) in [6.45, 7) is 3.12. The Morgan fingerprint density at radius 3 is 2.91 bits per heavy atom. The Balaban J connectivity index is 1.83. The zero-order chi connectivity index (χ0) is 15.5. The fourth-order valence-corrected chi connectivity index (χ4v) is 2.96. The van der Waals surface area contributed by atoms with Crippen molar-refractivity contribution in [2.45, 2.75) is 38.6 Å². The summed E-state index contributed by atoms with van der Waals surface area (Å²) in [4.78, 5) is 26.4. The van der Waals surface area contributed by atoms with Crippen molar-refractivity contribution < 1.29 is 14.3 Å². The highest BCUT2D eigenvalue weighted by Crippen LogP contribution is 2.31. The topological polar surface area (TPSA) is 58.6 Å². The first kappa shape index (κ1) is 14.9. The second-order valence-corrected chi connectivity index (χ2v) is 5.83. The van der Waals surface area contributed by atoms with Crippen molar-refractivity contribution in [2.24, 2.45) is 0 Å². The van der Waals surface area contributed by atoms with Gasteiger partial charge in [-0.2, -0.15) is 0 Å². The van der Waals surface area contributed by atoms with Gasteiger partial charge in [0.25, 0.3) is 5.91 Å². The molecule has 5 nitrogen and oxygen atoms in total. The van der Waals surface area contributed by atoms with Crippen LogP contribution in [0.15, 0.2) is 18.2 Å². The summed E-state index contributed by atoms with van der Waals surface area (Å²) >= 11 is 0. The summed E-state index contributed by atoms with van der Waals surface area (Å²) in [5, 5.41) is 3.34. The molecule has 2 aliphatic rings. The number of nitrogens with zero attached hydrogens (tertiary/aromatic N) is 1. The third kappa shape index (κ3) is 3.08. The molecule has 22 heavy (non-hydrogen) atoms. The fraction of sp³-hybridized carbons (Fsp3) is 0.529. The minimum atomic E-state index is -0.328. The monoisotopic (exact) mass is 302 g/mol. The highest BCUT2D eigenvalue weighted by atomic mass is 16.5. The number of hydrogen-bond acceptors (Lipinski definition) is 4. The van der Waals surface area contributed by atoms with E-state index < -0.39 is 0 Å². The molecule has 0 atom stereocenters. The van der Waals surface area contributed by atoms with Gasteiger partial charge in [-0.05, 0) is 50.3 Å². The lowest BCUT2D eigenvalue weighted by molar-refractivity contribution is -0.144. The first-order valence-corrected chi connectivity index (χ1v) is 8.03. The number of anilines is 1. The van der Waals surface area contributed by atoms with E-state index in [9.17, 15) is 9.59 Å². The number of hydrogen-bond donors (Lipinski definition) is 1. The third-order valence-electron chi connectivity index (χ3n) is 4.18. The maximum absolute atomic E-state index is 12.9. The Labute approximate surface area is 130 Å². The molecule has 1 heterocycles. The highest BCUT2D eigenvalue weighted by molar-refractivity contribution is 5.99. The van der Waals surface area contributed by atoms with Crippen LogP contribution < -0.4 is 5.32 Å². The number of nitrogens with one attached hydrogen (secondary N) is 1. The molecule has 1 amide bonds. The maximum Gasteiger partial charge on any atom is 0.325 e. The first-order valence-electron chi connectivity index (χ1n) is 8.03. The van der Waals surface area contributed by atoms with Crippen molar-refractivity contribution in [3.05, 3.63) is 29.3 Å². The van der Waals surface area contributed by atoms with Gasteiger partial charge in [-0.15, -0.1) is 0 Å². The molecule has 0 bridgehead atoms. The molecule has 1 aliphatic heterocycles. The molecule has 3 rings (SSSR count). The summed E-state index contributed by atoms with van der Waals surface area (Å²) in [6, 6.07) is 5.97. The zero-order valence-corrected chi connectivity index (χ0v) is 12.9. The van der Waals surface area contributed by atoms with Gasteiger partial charge in [0.1, 0.15) is 6.54 Å². The van der Waals surface area contributed by atoms with Gasteiger partial charge in [-0.25, -0.2) is 0 Å². The molecule has 1 N–H and O–H groups in total. The largest absolute Gasteiger partial charge is 0.465 e. The van der Waals surface area contributed by atoms with E-state index in [0.29, 0.717) is 6.61 Å². The number of amides is 1. The summed E-state index contributed by atoms with van der Waals surface area (Å²) in [5.74, 6) is -0.373. The van der Waals surface area contributed by atoms with Crippen LogP contribution in [0, 0.1) is 0 Å². The van der Waals surface area contributed by atoms with Crippen molar-refractivity contribution >= 4 is 17.6 Å². The second-order valence-electron chi connectivity index (χ2n) is 5.83. The average Bonchev–Trinajstić information content (AvgIpc) is 3.36. The molecule has 0 radical (unpaired) electrons. The van der Waals surface area contributed by atoms with E-state index in [1.165, 1.54) is 0 Å². The maximum atomic E-state index is 12.9. The van der Waals surface area contributed by atoms with Crippen LogP contribution in [-0.4, -0.2) is 42.5 Å². The number of benzene rings is 1. The van der Waals surface area contributed by atoms with E-state index in [4.69, 9.17) is 4.74 Å². The molecule has 1 aromatic rings. The molecule has 0 spiro atoms. The number of rotatable bonds is 5. The van der Waals surface area contributed by atoms with Gasteiger partial charge in [0.15, 0.2) is 0 Å². The van der Waals surface area contributed by atoms with E-state index >= 15 is 0 Å². The number of carbonyl (C=O) groups is 2. The first-order chi connectivity index (χ1) is 10.7. The standard InChI is InChI=1S/C17H22N2O3/c1-2-22-16(20)11-19(12-8-9-12)17(21)14-5-3-7-15-13(14)6-4-10-18-15/h3,5,7,12,18H,2,4,6,8-11H2,1H3. The zero-order valence-electron chi connectivity index (χ0n) is 12.9. The molecule has 0 saturated heterocycles. The van der Waals surface area contributed by atoms with Gasteiger partial charge in [0, 0.05) is 23.8 Å². The number of esters is 1. The molecule has 118 valence electrons. The van der Waals surface area contributed by atoms with E-state index in [-0.39, 0.29) is 24.5 Å². The lowest BCUT2D eigenvalue weighted by Crippen LogP contribution is -2.39. The average molecular weight is 302 g/mol. The quantitative estimate of drug-likeness (QED) is 0.847. The van der Waals surface area contributed by atoms with Gasteiger partial charge >= 0.3 is 5.97 Å². The van der Waals surface area contributed by atoms with Crippen molar-refractivity contribution in [3.63, 3.8) is 0 Å². The Bertz CT molecular complexity index is 581. The Hall–Kier alpha value is -2.04. The lowest BCUT2D eigenvalue weighted by atomic mass is 9.96. The van der Waals surface area contributed by atoms with Gasteiger partial charge in [-0.3, -0.25) is 9.59 Å². The molecule has 5 heteroatoms. The highest BCUT2D eigenvalue weighted by Gasteiger charge is 2.35. The van der Waals surface area contributed by atoms with Crippen LogP contribution in [0.3, 0.4) is 0 Å².